The normalized spacial score (nSPS) is 17.6. The molecule has 1 aromatic carbocycles. The topological polar surface area (TPSA) is 24.1 Å². The van der Waals surface area contributed by atoms with Crippen molar-refractivity contribution in [1.29, 1.82) is 0 Å². The summed E-state index contributed by atoms with van der Waals surface area (Å²) in [5.41, 5.74) is 0.423. The standard InChI is InChI=1S/C13H17F3N2/c1-17-8-12(6-7-12)9-18-11-4-2-10(3-5-11)13(14,15)16/h2-5,17-18H,6-9H2,1H3. The second-order valence-electron chi connectivity index (χ2n) is 4.96. The Balaban J connectivity index is 1.91. The fraction of sp³-hybridized carbons (Fsp3) is 0.538. The molecule has 0 saturated heterocycles. The summed E-state index contributed by atoms with van der Waals surface area (Å²) >= 11 is 0. The van der Waals surface area contributed by atoms with Crippen LogP contribution < -0.4 is 10.6 Å². The van der Waals surface area contributed by atoms with E-state index in [1.54, 1.807) is 0 Å². The molecular formula is C13H17F3N2. The zero-order valence-corrected chi connectivity index (χ0v) is 10.3. The number of rotatable bonds is 5. The SMILES string of the molecule is CNCC1(CNc2ccc(C(F)(F)F)cc2)CC1. The van der Waals surface area contributed by atoms with Crippen molar-refractivity contribution in [3.63, 3.8) is 0 Å². The molecule has 1 aromatic rings. The van der Waals surface area contributed by atoms with Crippen molar-refractivity contribution in [2.24, 2.45) is 5.41 Å². The molecule has 2 rings (SSSR count). The molecule has 0 spiro atoms. The molecule has 2 N–H and O–H groups in total. The van der Waals surface area contributed by atoms with Gasteiger partial charge in [0.2, 0.25) is 0 Å². The predicted octanol–water partition coefficient (Wildman–Crippen LogP) is 3.12. The predicted molar refractivity (Wildman–Crippen MR) is 65.5 cm³/mol. The summed E-state index contributed by atoms with van der Waals surface area (Å²) in [4.78, 5) is 0. The Labute approximate surface area is 105 Å². The Bertz CT molecular complexity index is 394. The minimum Gasteiger partial charge on any atom is -0.384 e. The molecule has 0 bridgehead atoms. The van der Waals surface area contributed by atoms with Crippen LogP contribution in [0.15, 0.2) is 24.3 Å². The summed E-state index contributed by atoms with van der Waals surface area (Å²) < 4.78 is 37.1. The van der Waals surface area contributed by atoms with Crippen LogP contribution in [0.4, 0.5) is 18.9 Å². The van der Waals surface area contributed by atoms with Crippen molar-refractivity contribution in [2.45, 2.75) is 19.0 Å². The molecule has 1 saturated carbocycles. The van der Waals surface area contributed by atoms with Crippen molar-refractivity contribution in [2.75, 3.05) is 25.5 Å². The zero-order chi connectivity index (χ0) is 13.2. The van der Waals surface area contributed by atoms with E-state index in [1.165, 1.54) is 25.0 Å². The molecule has 0 amide bonds. The lowest BCUT2D eigenvalue weighted by Gasteiger charge is -2.16. The molecule has 0 heterocycles. The third-order valence-corrected chi connectivity index (χ3v) is 3.39. The van der Waals surface area contributed by atoms with E-state index < -0.39 is 11.7 Å². The molecule has 1 aliphatic rings. The molecule has 1 fully saturated rings. The van der Waals surface area contributed by atoms with Gasteiger partial charge in [0.05, 0.1) is 5.56 Å². The summed E-state index contributed by atoms with van der Waals surface area (Å²) in [6.45, 7) is 1.75. The molecule has 0 atom stereocenters. The summed E-state index contributed by atoms with van der Waals surface area (Å²) in [5, 5.41) is 6.35. The van der Waals surface area contributed by atoms with Gasteiger partial charge in [0.1, 0.15) is 0 Å². The van der Waals surface area contributed by atoms with Gasteiger partial charge in [-0.05, 0) is 44.2 Å². The van der Waals surface area contributed by atoms with Crippen molar-refractivity contribution in [1.82, 2.24) is 5.32 Å². The maximum absolute atomic E-state index is 12.4. The highest BCUT2D eigenvalue weighted by Gasteiger charge is 2.41. The van der Waals surface area contributed by atoms with Crippen molar-refractivity contribution in [3.8, 4) is 0 Å². The summed E-state index contributed by atoms with van der Waals surface area (Å²) in [6.07, 6.45) is -1.93. The van der Waals surface area contributed by atoms with Crippen molar-refractivity contribution >= 4 is 5.69 Å². The first kappa shape index (κ1) is 13.2. The van der Waals surface area contributed by atoms with Gasteiger partial charge in [-0.2, -0.15) is 13.2 Å². The Morgan fingerprint density at radius 2 is 1.72 bits per heavy atom. The number of hydrogen-bond donors (Lipinski definition) is 2. The first-order valence-electron chi connectivity index (χ1n) is 6.01. The Morgan fingerprint density at radius 3 is 2.17 bits per heavy atom. The van der Waals surface area contributed by atoms with E-state index in [0.29, 0.717) is 0 Å². The van der Waals surface area contributed by atoms with Crippen molar-refractivity contribution in [3.05, 3.63) is 29.8 Å². The number of anilines is 1. The maximum Gasteiger partial charge on any atom is 0.416 e. The number of benzene rings is 1. The van der Waals surface area contributed by atoms with Crippen LogP contribution in [-0.4, -0.2) is 20.1 Å². The van der Waals surface area contributed by atoms with Crippen LogP contribution in [0.25, 0.3) is 0 Å². The van der Waals surface area contributed by atoms with Gasteiger partial charge in [0, 0.05) is 24.2 Å². The fourth-order valence-corrected chi connectivity index (χ4v) is 2.03. The molecule has 0 aliphatic heterocycles. The van der Waals surface area contributed by atoms with Gasteiger partial charge < -0.3 is 10.6 Å². The first-order valence-corrected chi connectivity index (χ1v) is 6.01. The lowest BCUT2D eigenvalue weighted by atomic mass is 10.1. The van der Waals surface area contributed by atoms with Gasteiger partial charge >= 0.3 is 6.18 Å². The molecular weight excluding hydrogens is 241 g/mol. The fourth-order valence-electron chi connectivity index (χ4n) is 2.03. The zero-order valence-electron chi connectivity index (χ0n) is 10.3. The molecule has 18 heavy (non-hydrogen) atoms. The number of nitrogens with one attached hydrogen (secondary N) is 2. The first-order chi connectivity index (χ1) is 8.45. The molecule has 1 aliphatic carbocycles. The Kier molecular flexibility index (Phi) is 3.52. The van der Waals surface area contributed by atoms with Gasteiger partial charge in [-0.1, -0.05) is 0 Å². The van der Waals surface area contributed by atoms with Crippen LogP contribution in [0, 0.1) is 5.41 Å². The number of halogens is 3. The molecule has 5 heteroatoms. The van der Waals surface area contributed by atoms with Crippen LogP contribution >= 0.6 is 0 Å². The smallest absolute Gasteiger partial charge is 0.384 e. The van der Waals surface area contributed by atoms with Crippen LogP contribution in [0.3, 0.4) is 0 Å². The molecule has 0 unspecified atom stereocenters. The molecule has 100 valence electrons. The van der Waals surface area contributed by atoms with Gasteiger partial charge in [-0.25, -0.2) is 0 Å². The largest absolute Gasteiger partial charge is 0.416 e. The van der Waals surface area contributed by atoms with E-state index >= 15 is 0 Å². The summed E-state index contributed by atoms with van der Waals surface area (Å²) in [6, 6.07) is 5.19. The van der Waals surface area contributed by atoms with Crippen LogP contribution in [0.1, 0.15) is 18.4 Å². The summed E-state index contributed by atoms with van der Waals surface area (Å²) in [5.74, 6) is 0. The highest BCUT2D eigenvalue weighted by atomic mass is 19.4. The van der Waals surface area contributed by atoms with E-state index in [2.05, 4.69) is 10.6 Å². The third-order valence-electron chi connectivity index (χ3n) is 3.39. The van der Waals surface area contributed by atoms with E-state index in [-0.39, 0.29) is 5.41 Å². The molecule has 0 aromatic heterocycles. The highest BCUT2D eigenvalue weighted by molar-refractivity contribution is 5.45. The van der Waals surface area contributed by atoms with Crippen LogP contribution in [0.5, 0.6) is 0 Å². The summed E-state index contributed by atoms with van der Waals surface area (Å²) in [7, 11) is 1.91. The Morgan fingerprint density at radius 1 is 1.11 bits per heavy atom. The third kappa shape index (κ3) is 3.16. The monoisotopic (exact) mass is 258 g/mol. The van der Waals surface area contributed by atoms with Gasteiger partial charge in [0.15, 0.2) is 0 Å². The minimum atomic E-state index is -4.26. The lowest BCUT2D eigenvalue weighted by Crippen LogP contribution is -2.26. The second-order valence-corrected chi connectivity index (χ2v) is 4.96. The highest BCUT2D eigenvalue weighted by Crippen LogP contribution is 2.44. The average Bonchev–Trinajstić information content (AvgIpc) is 3.07. The average molecular weight is 258 g/mol. The van der Waals surface area contributed by atoms with Crippen LogP contribution in [-0.2, 0) is 6.18 Å². The van der Waals surface area contributed by atoms with Gasteiger partial charge in [-0.15, -0.1) is 0 Å². The van der Waals surface area contributed by atoms with E-state index in [1.807, 2.05) is 7.05 Å². The quantitative estimate of drug-likeness (QED) is 0.848. The lowest BCUT2D eigenvalue weighted by molar-refractivity contribution is -0.137. The number of alkyl halides is 3. The molecule has 0 radical (unpaired) electrons. The van der Waals surface area contributed by atoms with Gasteiger partial charge in [0.25, 0.3) is 0 Å². The number of hydrogen-bond acceptors (Lipinski definition) is 2. The van der Waals surface area contributed by atoms with E-state index in [9.17, 15) is 13.2 Å². The minimum absolute atomic E-state index is 0.289. The van der Waals surface area contributed by atoms with Crippen molar-refractivity contribution < 1.29 is 13.2 Å². The Hall–Kier alpha value is -1.23. The van der Waals surface area contributed by atoms with Gasteiger partial charge in [-0.3, -0.25) is 0 Å². The molecule has 2 nitrogen and oxygen atoms in total. The maximum atomic E-state index is 12.4. The van der Waals surface area contributed by atoms with E-state index in [0.717, 1.165) is 30.9 Å². The van der Waals surface area contributed by atoms with E-state index in [4.69, 9.17) is 0 Å². The second kappa shape index (κ2) is 4.80. The van der Waals surface area contributed by atoms with Crippen LogP contribution in [0.2, 0.25) is 0 Å².